The number of nitrogens with zero attached hydrogens (tertiary/aromatic N) is 1. The number of hydrogen-bond donors (Lipinski definition) is 2. The average Bonchev–Trinajstić information content (AvgIpc) is 3.09. The lowest BCUT2D eigenvalue weighted by Gasteiger charge is -2.11. The van der Waals surface area contributed by atoms with E-state index in [2.05, 4.69) is 15.5 Å². The zero-order valence-electron chi connectivity index (χ0n) is 14.2. The molecule has 2 aromatic heterocycles. The SMILES string of the molecule is CC(=O)Nc1cc(-c2c(-c3ccccc3)c3cc(Cl)ccc3[nH]c2=O)on1. The first-order valence-corrected chi connectivity index (χ1v) is 8.56. The van der Waals surface area contributed by atoms with Crippen molar-refractivity contribution in [3.05, 3.63) is 70.0 Å². The summed E-state index contributed by atoms with van der Waals surface area (Å²) < 4.78 is 5.36. The van der Waals surface area contributed by atoms with Gasteiger partial charge >= 0.3 is 0 Å². The Morgan fingerprint density at radius 3 is 2.63 bits per heavy atom. The van der Waals surface area contributed by atoms with Crippen LogP contribution in [0.25, 0.3) is 33.4 Å². The number of fused-ring (bicyclic) bond motifs is 1. The highest BCUT2D eigenvalue weighted by atomic mass is 35.5. The van der Waals surface area contributed by atoms with Crippen LogP contribution in [0.3, 0.4) is 0 Å². The second-order valence-corrected chi connectivity index (χ2v) is 6.45. The van der Waals surface area contributed by atoms with Crippen LogP contribution in [0, 0.1) is 0 Å². The van der Waals surface area contributed by atoms with Crippen LogP contribution in [0.2, 0.25) is 5.02 Å². The fraction of sp³-hybridized carbons (Fsp3) is 0.0500. The van der Waals surface area contributed by atoms with Gasteiger partial charge in [-0.25, -0.2) is 0 Å². The van der Waals surface area contributed by atoms with E-state index in [4.69, 9.17) is 16.1 Å². The number of amides is 1. The molecule has 4 rings (SSSR count). The third-order valence-electron chi connectivity index (χ3n) is 4.10. The third kappa shape index (κ3) is 3.22. The Labute approximate surface area is 158 Å². The third-order valence-corrected chi connectivity index (χ3v) is 4.33. The Morgan fingerprint density at radius 1 is 1.11 bits per heavy atom. The molecule has 7 heteroatoms. The molecular formula is C20H14ClN3O3. The van der Waals surface area contributed by atoms with Gasteiger partial charge in [0.05, 0.1) is 5.56 Å². The van der Waals surface area contributed by atoms with E-state index < -0.39 is 0 Å². The summed E-state index contributed by atoms with van der Waals surface area (Å²) in [7, 11) is 0. The van der Waals surface area contributed by atoms with E-state index in [0.29, 0.717) is 21.7 Å². The minimum Gasteiger partial charge on any atom is -0.354 e. The Balaban J connectivity index is 2.05. The van der Waals surface area contributed by atoms with Gasteiger partial charge in [-0.1, -0.05) is 47.1 Å². The molecule has 0 bridgehead atoms. The molecule has 2 N–H and O–H groups in total. The second-order valence-electron chi connectivity index (χ2n) is 6.02. The highest BCUT2D eigenvalue weighted by molar-refractivity contribution is 6.31. The normalized spacial score (nSPS) is 10.9. The summed E-state index contributed by atoms with van der Waals surface area (Å²) in [6.07, 6.45) is 0. The molecule has 6 nitrogen and oxygen atoms in total. The number of halogens is 1. The first-order chi connectivity index (χ1) is 13.0. The van der Waals surface area contributed by atoms with E-state index in [9.17, 15) is 9.59 Å². The molecular weight excluding hydrogens is 366 g/mol. The van der Waals surface area contributed by atoms with Crippen molar-refractivity contribution in [3.8, 4) is 22.5 Å². The largest absolute Gasteiger partial charge is 0.354 e. The number of aromatic amines is 1. The van der Waals surface area contributed by atoms with Crippen molar-refractivity contribution < 1.29 is 9.32 Å². The van der Waals surface area contributed by atoms with Crippen LogP contribution in [0.1, 0.15) is 6.92 Å². The molecule has 0 aliphatic rings. The number of rotatable bonds is 3. The number of carbonyl (C=O) groups excluding carboxylic acids is 1. The van der Waals surface area contributed by atoms with Crippen LogP contribution in [0.5, 0.6) is 0 Å². The minimum absolute atomic E-state index is 0.238. The second kappa shape index (κ2) is 6.74. The molecule has 2 heterocycles. The van der Waals surface area contributed by atoms with Crippen LogP contribution in [-0.2, 0) is 4.79 Å². The van der Waals surface area contributed by atoms with Gasteiger partial charge in [0.15, 0.2) is 11.6 Å². The van der Waals surface area contributed by atoms with Crippen LogP contribution < -0.4 is 10.9 Å². The number of hydrogen-bond acceptors (Lipinski definition) is 4. The molecule has 4 aromatic rings. The molecule has 0 unspecified atom stereocenters. The maximum Gasteiger partial charge on any atom is 0.260 e. The maximum atomic E-state index is 12.9. The van der Waals surface area contributed by atoms with Crippen molar-refractivity contribution in [1.29, 1.82) is 0 Å². The highest BCUT2D eigenvalue weighted by Crippen LogP contribution is 2.36. The lowest BCUT2D eigenvalue weighted by Crippen LogP contribution is -2.11. The average molecular weight is 380 g/mol. The van der Waals surface area contributed by atoms with Crippen molar-refractivity contribution in [1.82, 2.24) is 10.1 Å². The predicted molar refractivity (Wildman–Crippen MR) is 105 cm³/mol. The van der Waals surface area contributed by atoms with Crippen LogP contribution in [0.15, 0.2) is 63.9 Å². The maximum absolute atomic E-state index is 12.9. The van der Waals surface area contributed by atoms with Gasteiger partial charge in [0.25, 0.3) is 5.56 Å². The van der Waals surface area contributed by atoms with E-state index in [1.807, 2.05) is 30.3 Å². The molecule has 27 heavy (non-hydrogen) atoms. The van der Waals surface area contributed by atoms with Gasteiger partial charge in [0.2, 0.25) is 5.91 Å². The summed E-state index contributed by atoms with van der Waals surface area (Å²) in [5.74, 6) is 0.208. The molecule has 134 valence electrons. The van der Waals surface area contributed by atoms with Gasteiger partial charge in [0.1, 0.15) is 0 Å². The summed E-state index contributed by atoms with van der Waals surface area (Å²) in [6.45, 7) is 1.37. The fourth-order valence-electron chi connectivity index (χ4n) is 3.04. The number of aromatic nitrogens is 2. The lowest BCUT2D eigenvalue weighted by molar-refractivity contribution is -0.114. The van der Waals surface area contributed by atoms with Gasteiger partial charge in [-0.05, 0) is 23.8 Å². The van der Waals surface area contributed by atoms with Gasteiger partial charge in [-0.15, -0.1) is 0 Å². The molecule has 0 fully saturated rings. The zero-order chi connectivity index (χ0) is 19.0. The van der Waals surface area contributed by atoms with E-state index in [0.717, 1.165) is 10.9 Å². The fourth-order valence-corrected chi connectivity index (χ4v) is 3.21. The Hall–Kier alpha value is -3.38. The summed E-state index contributed by atoms with van der Waals surface area (Å²) in [5, 5.41) is 7.69. The van der Waals surface area contributed by atoms with Crippen molar-refractivity contribution in [2.45, 2.75) is 6.92 Å². The summed E-state index contributed by atoms with van der Waals surface area (Å²) >= 11 is 6.20. The van der Waals surface area contributed by atoms with E-state index in [1.54, 1.807) is 18.2 Å². The van der Waals surface area contributed by atoms with Crippen molar-refractivity contribution in [3.63, 3.8) is 0 Å². The molecule has 0 saturated carbocycles. The van der Waals surface area contributed by atoms with Crippen molar-refractivity contribution >= 4 is 34.2 Å². The van der Waals surface area contributed by atoms with Crippen LogP contribution in [0.4, 0.5) is 5.82 Å². The molecule has 0 aliphatic carbocycles. The number of H-pyrrole nitrogens is 1. The smallest absolute Gasteiger partial charge is 0.260 e. The van der Waals surface area contributed by atoms with E-state index in [-0.39, 0.29) is 23.0 Å². The molecule has 0 aliphatic heterocycles. The Bertz CT molecular complexity index is 1210. The first kappa shape index (κ1) is 17.1. The topological polar surface area (TPSA) is 88.0 Å². The van der Waals surface area contributed by atoms with Crippen LogP contribution in [-0.4, -0.2) is 16.0 Å². The number of benzene rings is 2. The molecule has 0 radical (unpaired) electrons. The van der Waals surface area contributed by atoms with E-state index in [1.165, 1.54) is 13.0 Å². The quantitative estimate of drug-likeness (QED) is 0.550. The minimum atomic E-state index is -0.325. The molecule has 0 spiro atoms. The van der Waals surface area contributed by atoms with Crippen molar-refractivity contribution in [2.75, 3.05) is 5.32 Å². The van der Waals surface area contributed by atoms with Gasteiger partial charge < -0.3 is 14.8 Å². The van der Waals surface area contributed by atoms with E-state index >= 15 is 0 Å². The van der Waals surface area contributed by atoms with Crippen LogP contribution >= 0.6 is 11.6 Å². The summed E-state index contributed by atoms with van der Waals surface area (Å²) in [4.78, 5) is 27.0. The zero-order valence-corrected chi connectivity index (χ0v) is 15.0. The highest BCUT2D eigenvalue weighted by Gasteiger charge is 2.20. The van der Waals surface area contributed by atoms with Gasteiger partial charge in [-0.2, -0.15) is 0 Å². The van der Waals surface area contributed by atoms with Crippen molar-refractivity contribution in [2.24, 2.45) is 0 Å². The lowest BCUT2D eigenvalue weighted by atomic mass is 9.95. The molecule has 2 aromatic carbocycles. The first-order valence-electron chi connectivity index (χ1n) is 8.18. The Kier molecular flexibility index (Phi) is 4.25. The standard InChI is InChI=1S/C20H14ClN3O3/c1-11(25)22-17-10-16(27-24-17)19-18(12-5-3-2-4-6-12)14-9-13(21)7-8-15(14)23-20(19)26/h2-10H,1H3,(H,23,26)(H,22,24,25). The number of carbonyl (C=O) groups is 1. The monoisotopic (exact) mass is 379 g/mol. The number of nitrogens with one attached hydrogen (secondary N) is 2. The molecule has 0 atom stereocenters. The predicted octanol–water partition coefficient (Wildman–Crippen LogP) is 4.46. The molecule has 0 saturated heterocycles. The summed E-state index contributed by atoms with van der Waals surface area (Å²) in [6, 6.07) is 16.3. The number of anilines is 1. The molecule has 1 amide bonds. The summed E-state index contributed by atoms with van der Waals surface area (Å²) in [5.41, 5.74) is 2.17. The van der Waals surface area contributed by atoms with Gasteiger partial charge in [0, 0.05) is 34.5 Å². The number of pyridine rings is 1. The Morgan fingerprint density at radius 2 is 1.89 bits per heavy atom. The van der Waals surface area contributed by atoms with Gasteiger partial charge in [-0.3, -0.25) is 9.59 Å².